The fourth-order valence-corrected chi connectivity index (χ4v) is 3.11. The maximum Gasteiger partial charge on any atom is 0.416 e. The van der Waals surface area contributed by atoms with E-state index in [1.807, 2.05) is 0 Å². The number of rotatable bonds is 5. The molecule has 0 aliphatic carbocycles. The number of nitrogens with one attached hydrogen (secondary N) is 1. The molecule has 1 N–H and O–H groups in total. The SMILES string of the molecule is CCOc1c(C)cnc2c1c(=O)n(CC(=O)Nc1cccc(C(F)(F)F)c1)c(=O)n2C. The van der Waals surface area contributed by atoms with E-state index in [4.69, 9.17) is 4.74 Å². The molecule has 0 aliphatic heterocycles. The topological polar surface area (TPSA) is 95.2 Å². The van der Waals surface area contributed by atoms with Crippen LogP contribution in [0.3, 0.4) is 0 Å². The Balaban J connectivity index is 2.02. The number of hydrogen-bond acceptors (Lipinski definition) is 5. The molecule has 0 unspecified atom stereocenters. The first kappa shape index (κ1) is 22.1. The van der Waals surface area contributed by atoms with Gasteiger partial charge in [-0.05, 0) is 32.0 Å². The molecule has 1 amide bonds. The summed E-state index contributed by atoms with van der Waals surface area (Å²) in [6.07, 6.45) is -3.11. The van der Waals surface area contributed by atoms with Crippen LogP contribution in [0.25, 0.3) is 11.0 Å². The number of carbonyl (C=O) groups excluding carboxylic acids is 1. The number of carbonyl (C=O) groups is 1. The fourth-order valence-electron chi connectivity index (χ4n) is 3.11. The summed E-state index contributed by atoms with van der Waals surface area (Å²) in [6, 6.07) is 4.04. The predicted molar refractivity (Wildman–Crippen MR) is 107 cm³/mol. The van der Waals surface area contributed by atoms with E-state index in [2.05, 4.69) is 10.3 Å². The van der Waals surface area contributed by atoms with Gasteiger partial charge in [0, 0.05) is 24.5 Å². The van der Waals surface area contributed by atoms with Crippen LogP contribution in [0, 0.1) is 6.92 Å². The molecular weight excluding hydrogens is 417 g/mol. The highest BCUT2D eigenvalue weighted by Gasteiger charge is 2.30. The first-order chi connectivity index (χ1) is 14.5. The Morgan fingerprint density at radius 1 is 1.26 bits per heavy atom. The highest BCUT2D eigenvalue weighted by atomic mass is 19.4. The second kappa shape index (κ2) is 8.25. The van der Waals surface area contributed by atoms with Crippen molar-refractivity contribution in [1.82, 2.24) is 14.1 Å². The Bertz CT molecular complexity index is 1280. The van der Waals surface area contributed by atoms with Crippen molar-refractivity contribution in [2.45, 2.75) is 26.6 Å². The molecule has 2 heterocycles. The van der Waals surface area contributed by atoms with Crippen molar-refractivity contribution in [1.29, 1.82) is 0 Å². The summed E-state index contributed by atoms with van der Waals surface area (Å²) in [5.74, 6) is -0.586. The summed E-state index contributed by atoms with van der Waals surface area (Å²) in [7, 11) is 1.39. The molecule has 11 heteroatoms. The largest absolute Gasteiger partial charge is 0.493 e. The van der Waals surface area contributed by atoms with Crippen molar-refractivity contribution in [3.63, 3.8) is 0 Å². The molecule has 31 heavy (non-hydrogen) atoms. The molecular formula is C20H19F3N4O4. The number of halogens is 3. The Morgan fingerprint density at radius 3 is 2.61 bits per heavy atom. The molecule has 0 spiro atoms. The van der Waals surface area contributed by atoms with Gasteiger partial charge in [0.2, 0.25) is 5.91 Å². The quantitative estimate of drug-likeness (QED) is 0.663. The van der Waals surface area contributed by atoms with E-state index in [1.165, 1.54) is 19.3 Å². The summed E-state index contributed by atoms with van der Waals surface area (Å²) < 4.78 is 45.9. The zero-order chi connectivity index (χ0) is 22.9. The predicted octanol–water partition coefficient (Wildman–Crippen LogP) is 2.46. The fraction of sp³-hybridized carbons (Fsp3) is 0.300. The Morgan fingerprint density at radius 2 is 1.97 bits per heavy atom. The molecule has 3 rings (SSSR count). The van der Waals surface area contributed by atoms with Crippen LogP contribution in [0.1, 0.15) is 18.1 Å². The van der Waals surface area contributed by atoms with Crippen LogP contribution in [0.4, 0.5) is 18.9 Å². The molecule has 164 valence electrons. The molecule has 0 saturated heterocycles. The van der Waals surface area contributed by atoms with Crippen molar-refractivity contribution >= 4 is 22.6 Å². The van der Waals surface area contributed by atoms with Gasteiger partial charge in [-0.2, -0.15) is 13.2 Å². The zero-order valence-electron chi connectivity index (χ0n) is 16.9. The number of aryl methyl sites for hydroxylation is 2. The molecule has 0 atom stereocenters. The lowest BCUT2D eigenvalue weighted by molar-refractivity contribution is -0.137. The number of pyridine rings is 1. The van der Waals surface area contributed by atoms with Gasteiger partial charge in [0.15, 0.2) is 5.65 Å². The molecule has 8 nitrogen and oxygen atoms in total. The minimum absolute atomic E-state index is 0.0378. The first-order valence-electron chi connectivity index (χ1n) is 9.23. The highest BCUT2D eigenvalue weighted by Crippen LogP contribution is 2.30. The summed E-state index contributed by atoms with van der Waals surface area (Å²) in [6.45, 7) is 2.98. The Kier molecular flexibility index (Phi) is 5.87. The average Bonchev–Trinajstić information content (AvgIpc) is 2.70. The number of nitrogens with zero attached hydrogens (tertiary/aromatic N) is 3. The summed E-state index contributed by atoms with van der Waals surface area (Å²) >= 11 is 0. The van der Waals surface area contributed by atoms with Crippen LogP contribution >= 0.6 is 0 Å². The minimum Gasteiger partial charge on any atom is -0.493 e. The number of fused-ring (bicyclic) bond motifs is 1. The van der Waals surface area contributed by atoms with E-state index < -0.39 is 35.4 Å². The van der Waals surface area contributed by atoms with E-state index in [-0.39, 0.29) is 29.1 Å². The number of hydrogen-bond donors (Lipinski definition) is 1. The summed E-state index contributed by atoms with van der Waals surface area (Å²) in [4.78, 5) is 42.2. The van der Waals surface area contributed by atoms with E-state index >= 15 is 0 Å². The molecule has 0 radical (unpaired) electrons. The van der Waals surface area contributed by atoms with Crippen LogP contribution in [0.2, 0.25) is 0 Å². The van der Waals surface area contributed by atoms with E-state index in [1.54, 1.807) is 13.8 Å². The number of amides is 1. The molecule has 0 aliphatic rings. The minimum atomic E-state index is -4.58. The monoisotopic (exact) mass is 436 g/mol. The normalized spacial score (nSPS) is 11.5. The lowest BCUT2D eigenvalue weighted by Gasteiger charge is -2.14. The maximum absolute atomic E-state index is 13.0. The third kappa shape index (κ3) is 4.30. The highest BCUT2D eigenvalue weighted by molar-refractivity contribution is 5.91. The van der Waals surface area contributed by atoms with Gasteiger partial charge >= 0.3 is 11.9 Å². The average molecular weight is 436 g/mol. The second-order valence-electron chi connectivity index (χ2n) is 6.76. The van der Waals surface area contributed by atoms with Crippen LogP contribution in [0.5, 0.6) is 5.75 Å². The molecule has 0 fully saturated rings. The Labute approximate surface area is 173 Å². The zero-order valence-corrected chi connectivity index (χ0v) is 16.9. The molecule has 2 aromatic heterocycles. The Hall–Kier alpha value is -3.63. The van der Waals surface area contributed by atoms with Gasteiger partial charge in [-0.15, -0.1) is 0 Å². The van der Waals surface area contributed by atoms with Crippen LogP contribution in [0.15, 0.2) is 40.1 Å². The van der Waals surface area contributed by atoms with Crippen molar-refractivity contribution in [3.05, 3.63) is 62.4 Å². The van der Waals surface area contributed by atoms with Crippen molar-refractivity contribution < 1.29 is 22.7 Å². The van der Waals surface area contributed by atoms with E-state index in [0.717, 1.165) is 22.8 Å². The van der Waals surface area contributed by atoms with Crippen LogP contribution < -0.4 is 21.3 Å². The van der Waals surface area contributed by atoms with E-state index in [0.29, 0.717) is 10.1 Å². The number of aromatic nitrogens is 3. The van der Waals surface area contributed by atoms with Crippen molar-refractivity contribution in [2.75, 3.05) is 11.9 Å². The van der Waals surface area contributed by atoms with Gasteiger partial charge in [-0.3, -0.25) is 14.2 Å². The van der Waals surface area contributed by atoms with Crippen LogP contribution in [-0.4, -0.2) is 26.6 Å². The number of ether oxygens (including phenoxy) is 1. The lowest BCUT2D eigenvalue weighted by atomic mass is 10.2. The standard InChI is InChI=1S/C20H19F3N4O4/c1-4-31-16-11(2)9-24-17-15(16)18(29)27(19(30)26(17)3)10-14(28)25-13-7-5-6-12(8-13)20(21,22)23/h5-9H,4,10H2,1-3H3,(H,25,28). The molecule has 0 saturated carbocycles. The third-order valence-electron chi connectivity index (χ3n) is 4.55. The summed E-state index contributed by atoms with van der Waals surface area (Å²) in [5, 5.41) is 2.32. The number of benzene rings is 1. The van der Waals surface area contributed by atoms with Crippen molar-refractivity contribution in [2.24, 2.45) is 7.05 Å². The van der Waals surface area contributed by atoms with E-state index in [9.17, 15) is 27.6 Å². The van der Waals surface area contributed by atoms with Gasteiger partial charge in [0.25, 0.3) is 5.56 Å². The molecule has 0 bridgehead atoms. The maximum atomic E-state index is 13.0. The molecule has 3 aromatic rings. The van der Waals surface area contributed by atoms with Gasteiger partial charge < -0.3 is 10.1 Å². The summed E-state index contributed by atoms with van der Waals surface area (Å²) in [5.41, 5.74) is -1.96. The van der Waals surface area contributed by atoms with Crippen molar-refractivity contribution in [3.8, 4) is 5.75 Å². The van der Waals surface area contributed by atoms with Gasteiger partial charge in [0.1, 0.15) is 17.7 Å². The van der Waals surface area contributed by atoms with Gasteiger partial charge in [-0.25, -0.2) is 14.3 Å². The third-order valence-corrected chi connectivity index (χ3v) is 4.55. The molecule has 1 aromatic carbocycles. The smallest absolute Gasteiger partial charge is 0.416 e. The first-order valence-corrected chi connectivity index (χ1v) is 9.23. The lowest BCUT2D eigenvalue weighted by Crippen LogP contribution is -2.42. The van der Waals surface area contributed by atoms with Crippen LogP contribution in [-0.2, 0) is 24.6 Å². The number of alkyl halides is 3. The van der Waals surface area contributed by atoms with Gasteiger partial charge in [0.05, 0.1) is 12.2 Å². The number of anilines is 1. The second-order valence-corrected chi connectivity index (χ2v) is 6.76. The van der Waals surface area contributed by atoms with Gasteiger partial charge in [-0.1, -0.05) is 6.07 Å².